The summed E-state index contributed by atoms with van der Waals surface area (Å²) in [6.45, 7) is 2.93. The second kappa shape index (κ2) is 7.74. The van der Waals surface area contributed by atoms with Gasteiger partial charge in [-0.3, -0.25) is 4.79 Å². The van der Waals surface area contributed by atoms with E-state index in [9.17, 15) is 4.79 Å². The summed E-state index contributed by atoms with van der Waals surface area (Å²) in [5.41, 5.74) is 2.72. The van der Waals surface area contributed by atoms with Crippen LogP contribution in [0.15, 0.2) is 47.5 Å². The van der Waals surface area contributed by atoms with Gasteiger partial charge in [0.2, 0.25) is 0 Å². The topological polar surface area (TPSA) is 46.8 Å². The van der Waals surface area contributed by atoms with E-state index in [1.807, 2.05) is 61.5 Å². The number of carbonyl (C=O) groups excluding carboxylic acids is 1. The fourth-order valence-electron chi connectivity index (χ4n) is 2.76. The molecule has 26 heavy (non-hydrogen) atoms. The molecule has 0 fully saturated rings. The molecule has 1 aromatic heterocycles. The van der Waals surface area contributed by atoms with Crippen molar-refractivity contribution in [2.45, 2.75) is 19.9 Å². The molecule has 0 aliphatic carbocycles. The van der Waals surface area contributed by atoms with Gasteiger partial charge in [-0.25, -0.2) is 0 Å². The van der Waals surface area contributed by atoms with Crippen molar-refractivity contribution in [3.63, 3.8) is 0 Å². The Morgan fingerprint density at radius 1 is 1.19 bits per heavy atom. The van der Waals surface area contributed by atoms with Crippen LogP contribution < -0.4 is 14.4 Å². The third-order valence-corrected chi connectivity index (χ3v) is 5.21. The number of fused-ring (bicyclic) bond motifs is 1. The number of benzene rings is 2. The molecule has 2 aromatic carbocycles. The molecule has 3 rings (SSSR count). The molecule has 0 spiro atoms. The van der Waals surface area contributed by atoms with Crippen LogP contribution in [-0.2, 0) is 6.54 Å². The summed E-state index contributed by atoms with van der Waals surface area (Å²) in [4.78, 5) is 19.8. The number of hydrogen-bond acceptors (Lipinski definition) is 4. The number of methoxy groups -OCH3 is 1. The minimum absolute atomic E-state index is 0.223. The van der Waals surface area contributed by atoms with E-state index in [1.54, 1.807) is 7.11 Å². The number of carbonyl (C=O) groups is 1. The number of amides is 1. The molecule has 0 saturated carbocycles. The van der Waals surface area contributed by atoms with Gasteiger partial charge in [-0.05, 0) is 48.9 Å². The lowest BCUT2D eigenvalue weighted by Crippen LogP contribution is -2.17. The third-order valence-electron chi connectivity index (χ3n) is 4.16. The quantitative estimate of drug-likeness (QED) is 0.685. The van der Waals surface area contributed by atoms with Gasteiger partial charge in [0.25, 0.3) is 5.91 Å². The Labute approximate surface area is 157 Å². The van der Waals surface area contributed by atoms with Gasteiger partial charge in [-0.2, -0.15) is 4.99 Å². The maximum Gasteiger partial charge on any atom is 0.279 e. The zero-order valence-electron chi connectivity index (χ0n) is 15.5. The summed E-state index contributed by atoms with van der Waals surface area (Å²) in [6.07, 6.45) is 0.969. The van der Waals surface area contributed by atoms with E-state index in [2.05, 4.69) is 16.5 Å². The maximum absolute atomic E-state index is 12.6. The standard InChI is InChI=1S/C20H23N3O2S/c1-5-12-23-17-11-10-16(25-4)13-18(17)26-20(23)21-19(24)14-6-8-15(9-7-14)22(2)3/h6-11,13H,5,12H2,1-4H3. The van der Waals surface area contributed by atoms with Crippen LogP contribution in [0.1, 0.15) is 23.7 Å². The summed E-state index contributed by atoms with van der Waals surface area (Å²) < 4.78 is 8.47. The highest BCUT2D eigenvalue weighted by Gasteiger charge is 2.10. The Kier molecular flexibility index (Phi) is 5.42. The maximum atomic E-state index is 12.6. The van der Waals surface area contributed by atoms with Crippen LogP contribution in [0.4, 0.5) is 5.69 Å². The number of rotatable bonds is 5. The molecule has 6 heteroatoms. The van der Waals surface area contributed by atoms with Crippen molar-refractivity contribution < 1.29 is 9.53 Å². The molecular weight excluding hydrogens is 346 g/mol. The molecule has 0 aliphatic heterocycles. The van der Waals surface area contributed by atoms with Crippen LogP contribution >= 0.6 is 11.3 Å². The van der Waals surface area contributed by atoms with E-state index in [1.165, 1.54) is 11.3 Å². The largest absolute Gasteiger partial charge is 0.497 e. The number of anilines is 1. The molecule has 5 nitrogen and oxygen atoms in total. The smallest absolute Gasteiger partial charge is 0.279 e. The molecule has 0 atom stereocenters. The van der Waals surface area contributed by atoms with E-state index in [-0.39, 0.29) is 5.91 Å². The lowest BCUT2D eigenvalue weighted by atomic mass is 10.2. The molecule has 0 bridgehead atoms. The van der Waals surface area contributed by atoms with Crippen molar-refractivity contribution in [1.82, 2.24) is 4.57 Å². The molecular formula is C20H23N3O2S. The van der Waals surface area contributed by atoms with Crippen molar-refractivity contribution in [2.24, 2.45) is 4.99 Å². The minimum Gasteiger partial charge on any atom is -0.497 e. The number of aromatic nitrogens is 1. The van der Waals surface area contributed by atoms with Crippen LogP contribution in [0.5, 0.6) is 5.75 Å². The number of thiazole rings is 1. The first-order valence-electron chi connectivity index (χ1n) is 8.57. The van der Waals surface area contributed by atoms with Crippen molar-refractivity contribution in [3.8, 4) is 5.75 Å². The second-order valence-corrected chi connectivity index (χ2v) is 7.24. The van der Waals surface area contributed by atoms with Crippen molar-refractivity contribution in [1.29, 1.82) is 0 Å². The zero-order chi connectivity index (χ0) is 18.7. The molecule has 3 aromatic rings. The summed E-state index contributed by atoms with van der Waals surface area (Å²) in [5, 5.41) is 0. The first-order chi connectivity index (χ1) is 12.5. The van der Waals surface area contributed by atoms with Gasteiger partial charge in [-0.1, -0.05) is 18.3 Å². The molecule has 0 saturated heterocycles. The Hall–Kier alpha value is -2.60. The van der Waals surface area contributed by atoms with Crippen molar-refractivity contribution in [3.05, 3.63) is 52.8 Å². The van der Waals surface area contributed by atoms with Crippen LogP contribution in [0.25, 0.3) is 10.2 Å². The van der Waals surface area contributed by atoms with Gasteiger partial charge in [0.05, 0.1) is 17.3 Å². The lowest BCUT2D eigenvalue weighted by molar-refractivity contribution is 0.0998. The van der Waals surface area contributed by atoms with Crippen LogP contribution in [0.2, 0.25) is 0 Å². The fraction of sp³-hybridized carbons (Fsp3) is 0.300. The second-order valence-electron chi connectivity index (χ2n) is 6.23. The molecule has 0 aliphatic rings. The summed E-state index contributed by atoms with van der Waals surface area (Å²) in [5.74, 6) is 0.582. The highest BCUT2D eigenvalue weighted by molar-refractivity contribution is 7.16. The Morgan fingerprint density at radius 2 is 1.92 bits per heavy atom. The van der Waals surface area contributed by atoms with Crippen LogP contribution in [-0.4, -0.2) is 31.7 Å². The summed E-state index contributed by atoms with van der Waals surface area (Å²) in [7, 11) is 5.60. The van der Waals surface area contributed by atoms with E-state index in [0.29, 0.717) is 5.56 Å². The SMILES string of the molecule is CCCn1c(=NC(=O)c2ccc(N(C)C)cc2)sc2cc(OC)ccc21. The minimum atomic E-state index is -0.223. The highest BCUT2D eigenvalue weighted by Crippen LogP contribution is 2.23. The van der Waals surface area contributed by atoms with Crippen LogP contribution in [0.3, 0.4) is 0 Å². The predicted molar refractivity (Wildman–Crippen MR) is 107 cm³/mol. The molecule has 0 N–H and O–H groups in total. The zero-order valence-corrected chi connectivity index (χ0v) is 16.3. The van der Waals surface area contributed by atoms with Gasteiger partial charge in [0.1, 0.15) is 5.75 Å². The molecule has 0 radical (unpaired) electrons. The van der Waals surface area contributed by atoms with Gasteiger partial charge in [0.15, 0.2) is 4.80 Å². The van der Waals surface area contributed by atoms with Gasteiger partial charge >= 0.3 is 0 Å². The number of aryl methyl sites for hydroxylation is 1. The number of nitrogens with zero attached hydrogens (tertiary/aromatic N) is 3. The van der Waals surface area contributed by atoms with Gasteiger partial charge in [0, 0.05) is 31.9 Å². The number of hydrogen-bond donors (Lipinski definition) is 0. The van der Waals surface area contributed by atoms with Crippen molar-refractivity contribution in [2.75, 3.05) is 26.1 Å². The monoisotopic (exact) mass is 369 g/mol. The Morgan fingerprint density at radius 3 is 2.54 bits per heavy atom. The first-order valence-corrected chi connectivity index (χ1v) is 9.39. The Bertz CT molecular complexity index is 984. The third kappa shape index (κ3) is 3.65. The van der Waals surface area contributed by atoms with E-state index in [0.717, 1.165) is 39.4 Å². The van der Waals surface area contributed by atoms with E-state index in [4.69, 9.17) is 4.74 Å². The predicted octanol–water partition coefficient (Wildman–Crippen LogP) is 3.93. The highest BCUT2D eigenvalue weighted by atomic mass is 32.1. The number of ether oxygens (including phenoxy) is 1. The Balaban J connectivity index is 2.04. The van der Waals surface area contributed by atoms with Gasteiger partial charge in [-0.15, -0.1) is 0 Å². The van der Waals surface area contributed by atoms with E-state index < -0.39 is 0 Å². The summed E-state index contributed by atoms with van der Waals surface area (Å²) >= 11 is 1.51. The van der Waals surface area contributed by atoms with Gasteiger partial charge < -0.3 is 14.2 Å². The van der Waals surface area contributed by atoms with E-state index >= 15 is 0 Å². The molecule has 0 unspecified atom stereocenters. The lowest BCUT2D eigenvalue weighted by Gasteiger charge is -2.11. The fourth-order valence-corrected chi connectivity index (χ4v) is 3.84. The first kappa shape index (κ1) is 18.2. The normalized spacial score (nSPS) is 11.8. The molecule has 1 amide bonds. The average Bonchev–Trinajstić information content (AvgIpc) is 2.98. The van der Waals surface area contributed by atoms with Crippen molar-refractivity contribution >= 4 is 33.1 Å². The molecule has 1 heterocycles. The average molecular weight is 369 g/mol. The van der Waals surface area contributed by atoms with Crippen LogP contribution in [0, 0.1) is 0 Å². The molecule has 136 valence electrons. The summed E-state index contributed by atoms with van der Waals surface area (Å²) in [6, 6.07) is 13.4.